The summed E-state index contributed by atoms with van der Waals surface area (Å²) in [6.45, 7) is 1.59. The van der Waals surface area contributed by atoms with Gasteiger partial charge in [-0.05, 0) is 19.1 Å². The van der Waals surface area contributed by atoms with Gasteiger partial charge in [0.15, 0.2) is 5.03 Å². The van der Waals surface area contributed by atoms with Gasteiger partial charge in [-0.3, -0.25) is 10.1 Å². The maximum absolute atomic E-state index is 11.1. The van der Waals surface area contributed by atoms with Crippen molar-refractivity contribution in [2.24, 2.45) is 0 Å². The van der Waals surface area contributed by atoms with Crippen molar-refractivity contribution in [2.45, 2.75) is 17.7 Å². The summed E-state index contributed by atoms with van der Waals surface area (Å²) in [6.07, 6.45) is 1.56. The minimum Gasteiger partial charge on any atom is -0.468 e. The summed E-state index contributed by atoms with van der Waals surface area (Å²) in [4.78, 5) is 18.8. The monoisotopic (exact) mass is 280 g/mol. The van der Waals surface area contributed by atoms with Crippen LogP contribution in [0.15, 0.2) is 27.8 Å². The number of hydrogen-bond acceptors (Lipinski definition) is 7. The molecule has 8 heteroatoms. The fourth-order valence-electron chi connectivity index (χ4n) is 1.50. The largest absolute Gasteiger partial charge is 0.468 e. The molecule has 0 saturated heterocycles. The molecule has 0 unspecified atom stereocenters. The van der Waals surface area contributed by atoms with Gasteiger partial charge in [-0.1, -0.05) is 11.8 Å². The third-order valence-electron chi connectivity index (χ3n) is 2.36. The summed E-state index contributed by atoms with van der Waals surface area (Å²) in [6, 6.07) is 3.58. The zero-order valence-electron chi connectivity index (χ0n) is 10.4. The first-order chi connectivity index (χ1) is 9.11. The molecule has 1 N–H and O–H groups in total. The molecular weight excluding hydrogens is 268 g/mol. The van der Waals surface area contributed by atoms with Crippen LogP contribution in [0.3, 0.4) is 0 Å². The van der Waals surface area contributed by atoms with Gasteiger partial charge in [0.05, 0.1) is 16.9 Å². The van der Waals surface area contributed by atoms with Crippen LogP contribution < -0.4 is 5.32 Å². The van der Waals surface area contributed by atoms with Crippen molar-refractivity contribution >= 4 is 23.4 Å². The Morgan fingerprint density at radius 3 is 2.89 bits per heavy atom. The zero-order valence-corrected chi connectivity index (χ0v) is 11.2. The van der Waals surface area contributed by atoms with Gasteiger partial charge in [0.1, 0.15) is 11.5 Å². The summed E-state index contributed by atoms with van der Waals surface area (Å²) in [5.74, 6) is 1.58. The third kappa shape index (κ3) is 3.02. The molecule has 100 valence electrons. The average Bonchev–Trinajstić information content (AvgIpc) is 2.88. The van der Waals surface area contributed by atoms with Crippen LogP contribution in [0.1, 0.15) is 11.5 Å². The molecule has 2 rings (SSSR count). The number of rotatable bonds is 5. The highest BCUT2D eigenvalue weighted by Gasteiger charge is 2.22. The van der Waals surface area contributed by atoms with Gasteiger partial charge in [0, 0.05) is 7.05 Å². The van der Waals surface area contributed by atoms with Crippen molar-refractivity contribution in [3.8, 4) is 0 Å². The maximum atomic E-state index is 11.1. The van der Waals surface area contributed by atoms with Crippen LogP contribution in [-0.4, -0.2) is 21.9 Å². The molecule has 2 aromatic rings. The first-order valence-electron chi connectivity index (χ1n) is 5.47. The van der Waals surface area contributed by atoms with E-state index in [-0.39, 0.29) is 5.69 Å². The second-order valence-corrected chi connectivity index (χ2v) is 4.63. The van der Waals surface area contributed by atoms with E-state index in [0.717, 1.165) is 5.76 Å². The van der Waals surface area contributed by atoms with E-state index in [0.29, 0.717) is 22.4 Å². The maximum Gasteiger partial charge on any atom is 0.322 e. The van der Waals surface area contributed by atoms with Crippen molar-refractivity contribution in [1.82, 2.24) is 9.97 Å². The second kappa shape index (κ2) is 5.70. The van der Waals surface area contributed by atoms with Crippen molar-refractivity contribution < 1.29 is 9.34 Å². The van der Waals surface area contributed by atoms with E-state index < -0.39 is 4.92 Å². The number of anilines is 1. The number of nitro groups is 1. The molecule has 0 aromatic carbocycles. The van der Waals surface area contributed by atoms with E-state index in [9.17, 15) is 10.1 Å². The second-order valence-electron chi connectivity index (χ2n) is 3.66. The van der Waals surface area contributed by atoms with Crippen LogP contribution in [0.25, 0.3) is 0 Å². The summed E-state index contributed by atoms with van der Waals surface area (Å²) >= 11 is 1.25. The van der Waals surface area contributed by atoms with E-state index in [1.807, 2.05) is 6.07 Å². The first-order valence-corrected chi connectivity index (χ1v) is 6.46. The fraction of sp³-hybridized carbons (Fsp3) is 0.273. The predicted molar refractivity (Wildman–Crippen MR) is 71.2 cm³/mol. The number of aryl methyl sites for hydroxylation is 1. The number of aromatic nitrogens is 2. The Morgan fingerprint density at radius 1 is 1.53 bits per heavy atom. The number of nitrogens with one attached hydrogen (secondary N) is 1. The Kier molecular flexibility index (Phi) is 4.00. The van der Waals surface area contributed by atoms with Gasteiger partial charge >= 0.3 is 5.69 Å². The summed E-state index contributed by atoms with van der Waals surface area (Å²) < 4.78 is 5.19. The van der Waals surface area contributed by atoms with E-state index in [1.54, 1.807) is 26.3 Å². The van der Waals surface area contributed by atoms with Gasteiger partial charge < -0.3 is 9.73 Å². The van der Waals surface area contributed by atoms with E-state index in [1.165, 1.54) is 11.8 Å². The lowest BCUT2D eigenvalue weighted by Crippen LogP contribution is -2.04. The highest BCUT2D eigenvalue weighted by Crippen LogP contribution is 2.32. The van der Waals surface area contributed by atoms with Crippen LogP contribution in [0.4, 0.5) is 11.6 Å². The van der Waals surface area contributed by atoms with Crippen molar-refractivity contribution in [3.63, 3.8) is 0 Å². The van der Waals surface area contributed by atoms with Gasteiger partial charge in [-0.2, -0.15) is 4.98 Å². The average molecular weight is 280 g/mol. The summed E-state index contributed by atoms with van der Waals surface area (Å²) in [5, 5.41) is 14.2. The number of hydrogen-bond donors (Lipinski definition) is 1. The molecule has 0 spiro atoms. The van der Waals surface area contributed by atoms with E-state index in [4.69, 9.17) is 4.42 Å². The van der Waals surface area contributed by atoms with Crippen molar-refractivity contribution in [3.05, 3.63) is 40.0 Å². The Labute approximate surface area is 113 Å². The van der Waals surface area contributed by atoms with E-state index >= 15 is 0 Å². The van der Waals surface area contributed by atoms with Crippen LogP contribution in [0.2, 0.25) is 0 Å². The topological polar surface area (TPSA) is 94.1 Å². The molecule has 0 saturated carbocycles. The highest BCUT2D eigenvalue weighted by molar-refractivity contribution is 7.98. The molecular formula is C11H12N4O3S. The summed E-state index contributed by atoms with van der Waals surface area (Å²) in [5.41, 5.74) is 0.279. The lowest BCUT2D eigenvalue weighted by atomic mass is 10.4. The number of furan rings is 1. The molecule has 0 amide bonds. The molecule has 0 aliphatic heterocycles. The SMILES string of the molecule is CNc1nc(C)c([N+](=O)[O-])c(SCc2ccco2)n1. The zero-order chi connectivity index (χ0) is 13.8. The van der Waals surface area contributed by atoms with Crippen LogP contribution in [0, 0.1) is 17.0 Å². The fourth-order valence-corrected chi connectivity index (χ4v) is 2.45. The minimum atomic E-state index is -0.459. The molecule has 19 heavy (non-hydrogen) atoms. The molecule has 0 aliphatic carbocycles. The van der Waals surface area contributed by atoms with Crippen molar-refractivity contribution in [1.29, 1.82) is 0 Å². The van der Waals surface area contributed by atoms with Crippen molar-refractivity contribution in [2.75, 3.05) is 12.4 Å². The van der Waals surface area contributed by atoms with Gasteiger partial charge in [0.2, 0.25) is 5.95 Å². The number of nitrogens with zero attached hydrogens (tertiary/aromatic N) is 3. The van der Waals surface area contributed by atoms with Gasteiger partial charge in [-0.25, -0.2) is 4.98 Å². The lowest BCUT2D eigenvalue weighted by molar-refractivity contribution is -0.389. The quantitative estimate of drug-likeness (QED) is 0.389. The Hall–Kier alpha value is -2.09. The van der Waals surface area contributed by atoms with Crippen LogP contribution >= 0.6 is 11.8 Å². The molecule has 0 fully saturated rings. The highest BCUT2D eigenvalue weighted by atomic mass is 32.2. The molecule has 2 heterocycles. The van der Waals surface area contributed by atoms with Crippen LogP contribution in [0.5, 0.6) is 0 Å². The Balaban J connectivity index is 2.30. The number of thioether (sulfide) groups is 1. The molecule has 0 atom stereocenters. The third-order valence-corrected chi connectivity index (χ3v) is 3.35. The van der Waals surface area contributed by atoms with Gasteiger partial charge in [-0.15, -0.1) is 0 Å². The lowest BCUT2D eigenvalue weighted by Gasteiger charge is -2.06. The summed E-state index contributed by atoms with van der Waals surface area (Å²) in [7, 11) is 1.67. The standard InChI is InChI=1S/C11H12N4O3S/c1-7-9(15(16)17)10(14-11(12-2)13-7)19-6-8-4-3-5-18-8/h3-5H,6H2,1-2H3,(H,12,13,14). The Morgan fingerprint density at radius 2 is 2.32 bits per heavy atom. The molecule has 0 radical (unpaired) electrons. The molecule has 2 aromatic heterocycles. The normalized spacial score (nSPS) is 10.4. The van der Waals surface area contributed by atoms with Crippen LogP contribution in [-0.2, 0) is 5.75 Å². The minimum absolute atomic E-state index is 0.0597. The first kappa shape index (κ1) is 13.3. The molecule has 0 aliphatic rings. The smallest absolute Gasteiger partial charge is 0.322 e. The van der Waals surface area contributed by atoms with E-state index in [2.05, 4.69) is 15.3 Å². The van der Waals surface area contributed by atoms with Gasteiger partial charge in [0.25, 0.3) is 0 Å². The predicted octanol–water partition coefficient (Wildman–Crippen LogP) is 2.62. The molecule has 0 bridgehead atoms. The Bertz CT molecular complexity index is 586. The molecule has 7 nitrogen and oxygen atoms in total.